The number of fused-ring (bicyclic) bond motifs is 1. The van der Waals surface area contributed by atoms with E-state index in [1.54, 1.807) is 0 Å². The van der Waals surface area contributed by atoms with Crippen molar-refractivity contribution in [3.8, 4) is 0 Å². The Kier molecular flexibility index (Phi) is 6.49. The molecule has 4 rings (SSSR count). The number of para-hydroxylation sites is 1. The van der Waals surface area contributed by atoms with Gasteiger partial charge in [-0.3, -0.25) is 20.4 Å². The van der Waals surface area contributed by atoms with Crippen LogP contribution < -0.4 is 10.9 Å². The third-order valence-corrected chi connectivity index (χ3v) is 7.75. The van der Waals surface area contributed by atoms with E-state index >= 15 is 0 Å². The summed E-state index contributed by atoms with van der Waals surface area (Å²) in [7, 11) is -3.37. The van der Waals surface area contributed by atoms with Crippen LogP contribution in [0.5, 0.6) is 0 Å². The van der Waals surface area contributed by atoms with E-state index in [0.717, 1.165) is 27.0 Å². The zero-order chi connectivity index (χ0) is 24.3. The standard InChI is InChI=1S/C25H23N3O4S2/c1-25(18-8-4-3-5-9-18,16-22-26-20-10-6-7-11-21(20)33-22)24(30)28-27-23(29)17-12-14-19(15-13-17)34(2,31)32/h3-15H,16H2,1-2H3,(H,27,29)(H,28,30). The monoisotopic (exact) mass is 493 g/mol. The quantitative estimate of drug-likeness (QED) is 0.399. The van der Waals surface area contributed by atoms with Crippen molar-refractivity contribution in [2.75, 3.05) is 6.26 Å². The number of amides is 2. The highest BCUT2D eigenvalue weighted by Gasteiger charge is 2.37. The molecule has 1 aromatic heterocycles. The first-order valence-electron chi connectivity index (χ1n) is 10.5. The van der Waals surface area contributed by atoms with Gasteiger partial charge in [-0.15, -0.1) is 11.3 Å². The Balaban J connectivity index is 1.54. The highest BCUT2D eigenvalue weighted by Crippen LogP contribution is 2.32. The number of nitrogens with zero attached hydrogens (tertiary/aromatic N) is 1. The zero-order valence-corrected chi connectivity index (χ0v) is 20.2. The van der Waals surface area contributed by atoms with Gasteiger partial charge in [-0.05, 0) is 48.9 Å². The Labute approximate surface area is 201 Å². The summed E-state index contributed by atoms with van der Waals surface area (Å²) in [5.74, 6) is -0.942. The van der Waals surface area contributed by atoms with Crippen molar-refractivity contribution >= 4 is 43.2 Å². The van der Waals surface area contributed by atoms with Gasteiger partial charge in [-0.2, -0.15) is 0 Å². The second-order valence-electron chi connectivity index (χ2n) is 8.16. The Bertz CT molecular complexity index is 1420. The smallest absolute Gasteiger partial charge is 0.269 e. The van der Waals surface area contributed by atoms with E-state index in [1.807, 2.05) is 61.5 Å². The van der Waals surface area contributed by atoms with Gasteiger partial charge in [-0.25, -0.2) is 13.4 Å². The molecule has 2 amide bonds. The predicted molar refractivity (Wildman–Crippen MR) is 132 cm³/mol. The minimum absolute atomic E-state index is 0.112. The lowest BCUT2D eigenvalue weighted by Gasteiger charge is -2.28. The third-order valence-electron chi connectivity index (χ3n) is 5.59. The minimum Gasteiger partial charge on any atom is -0.272 e. The molecule has 0 aliphatic rings. The molecule has 0 spiro atoms. The van der Waals surface area contributed by atoms with Gasteiger partial charge in [0.25, 0.3) is 5.91 Å². The summed E-state index contributed by atoms with van der Waals surface area (Å²) in [4.78, 5) is 30.7. The summed E-state index contributed by atoms with van der Waals surface area (Å²) in [6, 6.07) is 22.7. The summed E-state index contributed by atoms with van der Waals surface area (Å²) in [5.41, 5.74) is 5.87. The van der Waals surface area contributed by atoms with Crippen molar-refractivity contribution in [1.82, 2.24) is 15.8 Å². The van der Waals surface area contributed by atoms with Crippen LogP contribution in [0.4, 0.5) is 0 Å². The number of sulfone groups is 1. The maximum atomic E-state index is 13.4. The molecule has 0 saturated heterocycles. The molecule has 9 heteroatoms. The molecular formula is C25H23N3O4S2. The van der Waals surface area contributed by atoms with Gasteiger partial charge in [0.1, 0.15) is 0 Å². The molecule has 0 bridgehead atoms. The van der Waals surface area contributed by atoms with Gasteiger partial charge in [0.15, 0.2) is 9.84 Å². The molecule has 0 aliphatic carbocycles. The fourth-order valence-corrected chi connectivity index (χ4v) is 5.35. The molecule has 7 nitrogen and oxygen atoms in total. The minimum atomic E-state index is -3.37. The molecule has 0 aliphatic heterocycles. The average molecular weight is 494 g/mol. The summed E-state index contributed by atoms with van der Waals surface area (Å²) >= 11 is 1.53. The molecule has 3 aromatic carbocycles. The molecule has 0 radical (unpaired) electrons. The van der Waals surface area contributed by atoms with Crippen LogP contribution in [0.1, 0.15) is 27.9 Å². The highest BCUT2D eigenvalue weighted by molar-refractivity contribution is 7.90. The van der Waals surface area contributed by atoms with E-state index in [2.05, 4.69) is 15.8 Å². The highest BCUT2D eigenvalue weighted by atomic mass is 32.2. The van der Waals surface area contributed by atoms with Crippen molar-refractivity contribution in [2.24, 2.45) is 0 Å². The molecule has 1 heterocycles. The van der Waals surface area contributed by atoms with Crippen LogP contribution in [0.3, 0.4) is 0 Å². The normalized spacial score (nSPS) is 13.2. The Morgan fingerprint density at radius 1 is 0.912 bits per heavy atom. The molecule has 4 aromatic rings. The van der Waals surface area contributed by atoms with Crippen molar-refractivity contribution in [3.05, 3.63) is 95.0 Å². The van der Waals surface area contributed by atoms with E-state index in [9.17, 15) is 18.0 Å². The van der Waals surface area contributed by atoms with Gasteiger partial charge in [0.2, 0.25) is 5.91 Å². The van der Waals surface area contributed by atoms with Gasteiger partial charge >= 0.3 is 0 Å². The van der Waals surface area contributed by atoms with Crippen molar-refractivity contribution < 1.29 is 18.0 Å². The van der Waals surface area contributed by atoms with Crippen molar-refractivity contribution in [3.63, 3.8) is 0 Å². The topological polar surface area (TPSA) is 105 Å². The van der Waals surface area contributed by atoms with Crippen LogP contribution in [0, 0.1) is 0 Å². The summed E-state index contributed by atoms with van der Waals surface area (Å²) in [5, 5.41) is 0.811. The van der Waals surface area contributed by atoms with Crippen molar-refractivity contribution in [1.29, 1.82) is 0 Å². The molecule has 0 saturated carbocycles. The van der Waals surface area contributed by atoms with E-state index in [-0.39, 0.29) is 16.4 Å². The fraction of sp³-hybridized carbons (Fsp3) is 0.160. The second-order valence-corrected chi connectivity index (χ2v) is 11.3. The molecule has 1 atom stereocenters. The van der Waals surface area contributed by atoms with Crippen LogP contribution in [-0.2, 0) is 26.5 Å². The Morgan fingerprint density at radius 3 is 2.21 bits per heavy atom. The average Bonchev–Trinajstić information content (AvgIpc) is 3.24. The lowest BCUT2D eigenvalue weighted by Crippen LogP contribution is -2.51. The van der Waals surface area contributed by atoms with Crippen LogP contribution in [0.2, 0.25) is 0 Å². The van der Waals surface area contributed by atoms with Gasteiger partial charge in [-0.1, -0.05) is 42.5 Å². The van der Waals surface area contributed by atoms with Crippen LogP contribution in [0.25, 0.3) is 10.2 Å². The van der Waals surface area contributed by atoms with Crippen molar-refractivity contribution in [2.45, 2.75) is 23.7 Å². The number of carbonyl (C=O) groups is 2. The number of thiazole rings is 1. The first kappa shape index (κ1) is 23.6. The number of carbonyl (C=O) groups excluding carboxylic acids is 2. The summed E-state index contributed by atoms with van der Waals surface area (Å²) in [6.07, 6.45) is 1.44. The van der Waals surface area contributed by atoms with Gasteiger partial charge < -0.3 is 0 Å². The molecule has 0 fully saturated rings. The zero-order valence-electron chi connectivity index (χ0n) is 18.6. The summed E-state index contributed by atoms with van der Waals surface area (Å²) in [6.45, 7) is 1.82. The third kappa shape index (κ3) is 5.00. The number of nitrogens with one attached hydrogen (secondary N) is 2. The van der Waals surface area contributed by atoms with Gasteiger partial charge in [0, 0.05) is 18.2 Å². The Morgan fingerprint density at radius 2 is 1.56 bits per heavy atom. The van der Waals surface area contributed by atoms with E-state index in [1.165, 1.54) is 35.6 Å². The maximum Gasteiger partial charge on any atom is 0.269 e. The lowest BCUT2D eigenvalue weighted by atomic mass is 9.79. The maximum absolute atomic E-state index is 13.4. The van der Waals surface area contributed by atoms with E-state index in [4.69, 9.17) is 0 Å². The van der Waals surface area contributed by atoms with Crippen LogP contribution in [-0.4, -0.2) is 31.5 Å². The van der Waals surface area contributed by atoms with E-state index < -0.39 is 21.2 Å². The largest absolute Gasteiger partial charge is 0.272 e. The first-order valence-corrected chi connectivity index (χ1v) is 13.2. The number of rotatable bonds is 6. The number of hydrazine groups is 1. The molecule has 174 valence electrons. The first-order chi connectivity index (χ1) is 16.2. The fourth-order valence-electron chi connectivity index (χ4n) is 3.59. The Hall–Kier alpha value is -3.56. The molecule has 2 N–H and O–H groups in total. The second kappa shape index (κ2) is 9.36. The molecule has 34 heavy (non-hydrogen) atoms. The number of hydrogen-bond donors (Lipinski definition) is 2. The molecular weight excluding hydrogens is 470 g/mol. The number of aromatic nitrogens is 1. The molecule has 1 unspecified atom stereocenters. The number of benzene rings is 3. The van der Waals surface area contributed by atoms with E-state index in [0.29, 0.717) is 6.42 Å². The summed E-state index contributed by atoms with van der Waals surface area (Å²) < 4.78 is 24.3. The number of hydrogen-bond acceptors (Lipinski definition) is 6. The van der Waals surface area contributed by atoms with Crippen LogP contribution >= 0.6 is 11.3 Å². The lowest BCUT2D eigenvalue weighted by molar-refractivity contribution is -0.127. The SMILES string of the molecule is CC(Cc1nc2ccccc2s1)(C(=O)NNC(=O)c1ccc(S(C)(=O)=O)cc1)c1ccccc1. The van der Waals surface area contributed by atoms with Gasteiger partial charge in [0.05, 0.1) is 25.5 Å². The predicted octanol–water partition coefficient (Wildman–Crippen LogP) is 3.66. The van der Waals surface area contributed by atoms with Crippen LogP contribution in [0.15, 0.2) is 83.8 Å².